The first-order chi connectivity index (χ1) is 8.10. The summed E-state index contributed by atoms with van der Waals surface area (Å²) in [5.74, 6) is 0. The Bertz CT molecular complexity index is 523. The maximum atomic E-state index is 2.59. The minimum atomic E-state index is -2.18. The summed E-state index contributed by atoms with van der Waals surface area (Å²) >= 11 is -2.18. The van der Waals surface area contributed by atoms with E-state index in [2.05, 4.69) is 62.6 Å². The molecule has 2 aliphatic rings. The smallest absolute Gasteiger partial charge is 0.147 e. The van der Waals surface area contributed by atoms with E-state index in [9.17, 15) is 0 Å². The molecule has 0 aliphatic heterocycles. The molecule has 0 bridgehead atoms. The summed E-state index contributed by atoms with van der Waals surface area (Å²) < 4.78 is 3.82. The van der Waals surface area contributed by atoms with Gasteiger partial charge in [-0.25, -0.2) is 0 Å². The summed E-state index contributed by atoms with van der Waals surface area (Å²) in [4.78, 5) is 0. The molecule has 2 aliphatic carbocycles. The van der Waals surface area contributed by atoms with E-state index in [1.165, 1.54) is 12.8 Å². The summed E-state index contributed by atoms with van der Waals surface area (Å²) in [5, 5.41) is 0. The van der Waals surface area contributed by atoms with Crippen LogP contribution in [0.1, 0.15) is 12.8 Å². The van der Waals surface area contributed by atoms with Crippen molar-refractivity contribution in [3.8, 4) is 0 Å². The molecule has 0 saturated carbocycles. The largest absolute Gasteiger partial charge is 0.147 e. The molecule has 0 atom stereocenters. The number of halogens is 2. The minimum Gasteiger partial charge on any atom is -0.147 e. The van der Waals surface area contributed by atoms with Gasteiger partial charge in [-0.15, -0.1) is 24.8 Å². The molecule has 0 unspecified atom stereocenters. The topological polar surface area (TPSA) is 0 Å². The van der Waals surface area contributed by atoms with Crippen molar-refractivity contribution < 1.29 is 17.5 Å². The van der Waals surface area contributed by atoms with Crippen molar-refractivity contribution in [3.63, 3.8) is 0 Å². The van der Waals surface area contributed by atoms with Gasteiger partial charge >= 0.3 is 110 Å². The van der Waals surface area contributed by atoms with Crippen LogP contribution in [0.3, 0.4) is 0 Å². The van der Waals surface area contributed by atoms with Gasteiger partial charge in [0, 0.05) is 0 Å². The first-order valence-corrected chi connectivity index (χ1v) is 21.3. The van der Waals surface area contributed by atoms with Gasteiger partial charge in [-0.1, -0.05) is 0 Å². The fourth-order valence-electron chi connectivity index (χ4n) is 3.44. The first-order valence-electron chi connectivity index (χ1n) is 6.43. The molecule has 106 valence electrons. The Labute approximate surface area is 134 Å². The standard InChI is InChI=1S/2C5H5.2C2H6Si.2ClH.Zr/c2*1-2-4-5-3-1;2*1-3-2;;;/h2*1-3H,4H2;2*1-2H3;2*1H;. The third kappa shape index (κ3) is 3.55. The van der Waals surface area contributed by atoms with Gasteiger partial charge in [0.1, 0.15) is 0 Å². The molecule has 0 heterocycles. The normalized spacial score (nSPS) is 15.6. The second kappa shape index (κ2) is 8.34. The molecule has 0 amide bonds. The van der Waals surface area contributed by atoms with E-state index in [-0.39, 0.29) is 35.7 Å². The average Bonchev–Trinajstić information content (AvgIpc) is 2.88. The molecule has 0 aromatic carbocycles. The van der Waals surface area contributed by atoms with Crippen LogP contribution < -0.4 is 0 Å². The SMILES string of the molecule is C[Si](C)=[Zr]([C]1=CC=CC1)([C]1=CC=CC1)=[Si](C)C.Cl.Cl. The van der Waals surface area contributed by atoms with Gasteiger partial charge in [0.2, 0.25) is 0 Å². The van der Waals surface area contributed by atoms with Gasteiger partial charge in [-0.05, 0) is 0 Å². The molecule has 19 heavy (non-hydrogen) atoms. The maximum Gasteiger partial charge on any atom is -0.147 e. The summed E-state index contributed by atoms with van der Waals surface area (Å²) in [5.41, 5.74) is -0.318. The van der Waals surface area contributed by atoms with Gasteiger partial charge in [-0.3, -0.25) is 0 Å². The van der Waals surface area contributed by atoms with Crippen molar-refractivity contribution in [3.05, 3.63) is 43.0 Å². The van der Waals surface area contributed by atoms with E-state index in [1.807, 2.05) is 6.56 Å². The van der Waals surface area contributed by atoms with E-state index in [4.69, 9.17) is 0 Å². The van der Waals surface area contributed by atoms with E-state index in [0.29, 0.717) is 0 Å². The Kier molecular flexibility index (Phi) is 8.71. The third-order valence-corrected chi connectivity index (χ3v) is 61.0. The molecule has 0 aromatic heterocycles. The van der Waals surface area contributed by atoms with Crippen LogP contribution >= 0.6 is 24.8 Å². The van der Waals surface area contributed by atoms with Gasteiger partial charge < -0.3 is 0 Å². The predicted molar refractivity (Wildman–Crippen MR) is 93.1 cm³/mol. The molecule has 0 saturated heterocycles. The molecule has 5 heteroatoms. The van der Waals surface area contributed by atoms with Gasteiger partial charge in [-0.2, -0.15) is 0 Å². The zero-order chi connectivity index (χ0) is 12.5. The van der Waals surface area contributed by atoms with E-state index < -0.39 is 17.5 Å². The Balaban J connectivity index is 0.00000162. The summed E-state index contributed by atoms with van der Waals surface area (Å²) in [6.45, 7) is 10.4. The van der Waals surface area contributed by atoms with Crippen LogP contribution in [0.25, 0.3) is 0 Å². The molecule has 0 fully saturated rings. The summed E-state index contributed by atoms with van der Waals surface area (Å²) in [7, 11) is 0. The fraction of sp³-hybridized carbons (Fsp3) is 0.429. The number of allylic oxidation sites excluding steroid dienone is 8. The second-order valence-electron chi connectivity index (χ2n) is 5.40. The van der Waals surface area contributed by atoms with Crippen molar-refractivity contribution in [1.29, 1.82) is 0 Å². The molecule has 0 N–H and O–H groups in total. The first kappa shape index (κ1) is 19.9. The fourth-order valence-corrected chi connectivity index (χ4v) is 60.3. The van der Waals surface area contributed by atoms with Crippen LogP contribution in [0.2, 0.25) is 26.2 Å². The zero-order valence-electron chi connectivity index (χ0n) is 12.2. The van der Waals surface area contributed by atoms with Crippen LogP contribution in [-0.2, 0) is 17.5 Å². The maximum absolute atomic E-state index is 2.59. The van der Waals surface area contributed by atoms with Crippen LogP contribution in [-0.4, -0.2) is 10.9 Å². The molecule has 2 rings (SSSR count). The van der Waals surface area contributed by atoms with Crippen molar-refractivity contribution in [2.75, 3.05) is 0 Å². The Morgan fingerprint density at radius 2 is 1.16 bits per heavy atom. The van der Waals surface area contributed by atoms with Crippen molar-refractivity contribution >= 4 is 35.7 Å². The number of rotatable bonds is 2. The van der Waals surface area contributed by atoms with E-state index in [1.54, 1.807) is 0 Å². The third-order valence-electron chi connectivity index (χ3n) is 4.01. The number of hydrogen-bond donors (Lipinski definition) is 0. The quantitative estimate of drug-likeness (QED) is 0.551. The monoisotopic (exact) mass is 408 g/mol. The van der Waals surface area contributed by atoms with Crippen molar-refractivity contribution in [1.82, 2.24) is 0 Å². The molecular weight excluding hydrogens is 386 g/mol. The van der Waals surface area contributed by atoms with Crippen LogP contribution in [0.15, 0.2) is 43.0 Å². The van der Waals surface area contributed by atoms with Gasteiger partial charge in [0.15, 0.2) is 0 Å². The molecule has 0 nitrogen and oxygen atoms in total. The molecular formula is C14H24Cl2Si2Zr. The summed E-state index contributed by atoms with van der Waals surface area (Å²) in [6, 6.07) is 0. The Morgan fingerprint density at radius 1 is 0.789 bits per heavy atom. The average molecular weight is 411 g/mol. The van der Waals surface area contributed by atoms with Crippen molar-refractivity contribution in [2.24, 2.45) is 0 Å². The van der Waals surface area contributed by atoms with E-state index >= 15 is 0 Å². The molecule has 0 radical (unpaired) electrons. The Hall–Kier alpha value is 0.857. The van der Waals surface area contributed by atoms with E-state index in [0.717, 1.165) is 0 Å². The minimum absolute atomic E-state index is 0. The molecule has 0 spiro atoms. The molecule has 0 aromatic rings. The number of hydrogen-bond acceptors (Lipinski definition) is 0. The second-order valence-corrected chi connectivity index (χ2v) is 42.8. The van der Waals surface area contributed by atoms with Crippen molar-refractivity contribution in [2.45, 2.75) is 39.0 Å². The van der Waals surface area contributed by atoms with Crippen LogP contribution in [0, 0.1) is 0 Å². The zero-order valence-corrected chi connectivity index (χ0v) is 18.3. The van der Waals surface area contributed by atoms with Crippen LogP contribution in [0.5, 0.6) is 0 Å². The predicted octanol–water partition coefficient (Wildman–Crippen LogP) is 5.17. The summed E-state index contributed by atoms with van der Waals surface area (Å²) in [6.07, 6.45) is 16.9. The Morgan fingerprint density at radius 3 is 1.37 bits per heavy atom. The van der Waals surface area contributed by atoms with Gasteiger partial charge in [0.25, 0.3) is 0 Å². The van der Waals surface area contributed by atoms with Gasteiger partial charge in [0.05, 0.1) is 0 Å². The van der Waals surface area contributed by atoms with Crippen LogP contribution in [0.4, 0.5) is 0 Å².